The minimum absolute atomic E-state index is 0.906. The SMILES string of the molecule is c1ccc([Si](c2ccccc2)(c2ccccc2)c2ccc(-c3c4ccccc4c(-c4cccc5oc6cc7ccccc7cc6c45)c4ccccc34)cc2)cc1. The van der Waals surface area contributed by atoms with Crippen LogP contribution in [0.25, 0.3) is 76.5 Å². The smallest absolute Gasteiger partial charge is 0.179 e. The molecule has 1 nitrogen and oxygen atoms in total. The van der Waals surface area contributed by atoms with Gasteiger partial charge in [-0.1, -0.05) is 200 Å². The number of fused-ring (bicyclic) bond motifs is 6. The predicted molar refractivity (Wildman–Crippen MR) is 241 cm³/mol. The Kier molecular flexibility index (Phi) is 7.58. The number of hydrogen-bond acceptors (Lipinski definition) is 1. The highest BCUT2D eigenvalue weighted by molar-refractivity contribution is 7.19. The summed E-state index contributed by atoms with van der Waals surface area (Å²) in [6.07, 6.45) is 0. The molecule has 0 radical (unpaired) electrons. The molecule has 0 bridgehead atoms. The van der Waals surface area contributed by atoms with Gasteiger partial charge in [-0.15, -0.1) is 0 Å². The Morgan fingerprint density at radius 3 is 1.29 bits per heavy atom. The maximum absolute atomic E-state index is 6.58. The zero-order chi connectivity index (χ0) is 37.1. The molecule has 0 unspecified atom stereocenters. The molecule has 11 aromatic rings. The van der Waals surface area contributed by atoms with Crippen molar-refractivity contribution in [2.75, 3.05) is 0 Å². The first kappa shape index (κ1) is 32.4. The minimum Gasteiger partial charge on any atom is -0.456 e. The molecule has 0 saturated heterocycles. The highest BCUT2D eigenvalue weighted by Crippen LogP contribution is 2.47. The Morgan fingerprint density at radius 1 is 0.304 bits per heavy atom. The average Bonchev–Trinajstić information content (AvgIpc) is 3.64. The Morgan fingerprint density at radius 2 is 0.750 bits per heavy atom. The molecule has 1 heterocycles. The van der Waals surface area contributed by atoms with Crippen molar-refractivity contribution in [1.82, 2.24) is 0 Å². The lowest BCUT2D eigenvalue weighted by atomic mass is 9.85. The van der Waals surface area contributed by atoms with Crippen molar-refractivity contribution in [3.05, 3.63) is 218 Å². The van der Waals surface area contributed by atoms with Crippen molar-refractivity contribution in [3.63, 3.8) is 0 Å². The first-order valence-electron chi connectivity index (χ1n) is 19.3. The molecule has 0 atom stereocenters. The van der Waals surface area contributed by atoms with Crippen LogP contribution in [0.1, 0.15) is 0 Å². The fraction of sp³-hybridized carbons (Fsp3) is 0. The van der Waals surface area contributed by atoms with Crippen LogP contribution in [0.5, 0.6) is 0 Å². The molecular formula is C54H36OSi. The van der Waals surface area contributed by atoms with E-state index in [1.807, 2.05) is 0 Å². The van der Waals surface area contributed by atoms with Gasteiger partial charge in [0.1, 0.15) is 11.2 Å². The molecule has 0 fully saturated rings. The molecule has 2 heteroatoms. The van der Waals surface area contributed by atoms with Gasteiger partial charge in [-0.25, -0.2) is 0 Å². The van der Waals surface area contributed by atoms with E-state index in [0.717, 1.165) is 21.9 Å². The monoisotopic (exact) mass is 728 g/mol. The van der Waals surface area contributed by atoms with Crippen LogP contribution in [0.4, 0.5) is 0 Å². The summed E-state index contributed by atoms with van der Waals surface area (Å²) in [5, 5.41) is 15.1. The number of hydrogen-bond donors (Lipinski definition) is 0. The first-order valence-corrected chi connectivity index (χ1v) is 21.3. The van der Waals surface area contributed by atoms with Gasteiger partial charge in [-0.3, -0.25) is 0 Å². The third-order valence-corrected chi connectivity index (χ3v) is 16.6. The lowest BCUT2D eigenvalue weighted by Crippen LogP contribution is -2.74. The van der Waals surface area contributed by atoms with Crippen molar-refractivity contribution in [3.8, 4) is 22.3 Å². The van der Waals surface area contributed by atoms with Crippen LogP contribution in [0.15, 0.2) is 223 Å². The van der Waals surface area contributed by atoms with E-state index in [1.165, 1.54) is 75.3 Å². The van der Waals surface area contributed by atoms with E-state index in [0.29, 0.717) is 0 Å². The first-order chi connectivity index (χ1) is 27.8. The van der Waals surface area contributed by atoms with Crippen LogP contribution in [-0.2, 0) is 0 Å². The largest absolute Gasteiger partial charge is 0.456 e. The van der Waals surface area contributed by atoms with Gasteiger partial charge in [0, 0.05) is 10.8 Å². The molecule has 10 aromatic carbocycles. The van der Waals surface area contributed by atoms with Crippen LogP contribution >= 0.6 is 0 Å². The Bertz CT molecular complexity index is 3070. The second kappa shape index (κ2) is 13.1. The van der Waals surface area contributed by atoms with Gasteiger partial charge in [0.15, 0.2) is 8.07 Å². The number of benzene rings is 10. The normalized spacial score (nSPS) is 11.9. The van der Waals surface area contributed by atoms with Gasteiger partial charge < -0.3 is 4.42 Å². The Hall–Kier alpha value is -7.00. The quantitative estimate of drug-likeness (QED) is 0.0944. The highest BCUT2D eigenvalue weighted by Gasteiger charge is 2.41. The molecule has 1 aromatic heterocycles. The highest BCUT2D eigenvalue weighted by atomic mass is 28.3. The summed E-state index contributed by atoms with van der Waals surface area (Å²) in [5.41, 5.74) is 6.72. The zero-order valence-corrected chi connectivity index (χ0v) is 31.7. The van der Waals surface area contributed by atoms with Crippen LogP contribution in [0, 0.1) is 0 Å². The van der Waals surface area contributed by atoms with Crippen LogP contribution in [-0.4, -0.2) is 8.07 Å². The summed E-state index contributed by atoms with van der Waals surface area (Å²) in [7, 11) is -2.65. The van der Waals surface area contributed by atoms with E-state index in [2.05, 4.69) is 218 Å². The van der Waals surface area contributed by atoms with E-state index in [9.17, 15) is 0 Å². The average molecular weight is 729 g/mol. The van der Waals surface area contributed by atoms with Gasteiger partial charge in [0.05, 0.1) is 0 Å². The Labute approximate surface area is 326 Å². The number of rotatable bonds is 6. The van der Waals surface area contributed by atoms with Crippen molar-refractivity contribution in [2.24, 2.45) is 0 Å². The molecule has 0 spiro atoms. The molecule has 11 rings (SSSR count). The molecule has 0 N–H and O–H groups in total. The summed E-state index contributed by atoms with van der Waals surface area (Å²) >= 11 is 0. The third-order valence-electron chi connectivity index (χ3n) is 11.8. The minimum atomic E-state index is -2.65. The van der Waals surface area contributed by atoms with Gasteiger partial charge in [-0.05, 0) is 93.5 Å². The van der Waals surface area contributed by atoms with Gasteiger partial charge in [-0.2, -0.15) is 0 Å². The second-order valence-electron chi connectivity index (χ2n) is 14.7. The van der Waals surface area contributed by atoms with E-state index in [4.69, 9.17) is 4.42 Å². The molecule has 56 heavy (non-hydrogen) atoms. The van der Waals surface area contributed by atoms with Crippen molar-refractivity contribution in [2.45, 2.75) is 0 Å². The fourth-order valence-corrected chi connectivity index (χ4v) is 14.1. The lowest BCUT2D eigenvalue weighted by molar-refractivity contribution is 0.669. The van der Waals surface area contributed by atoms with Gasteiger partial charge in [0.2, 0.25) is 0 Å². The topological polar surface area (TPSA) is 13.1 Å². The molecule has 0 aliphatic carbocycles. The van der Waals surface area contributed by atoms with Gasteiger partial charge in [0.25, 0.3) is 0 Å². The summed E-state index contributed by atoms with van der Waals surface area (Å²) in [4.78, 5) is 0. The molecular weight excluding hydrogens is 693 g/mol. The summed E-state index contributed by atoms with van der Waals surface area (Å²) in [6, 6.07) is 80.4. The molecule has 0 saturated carbocycles. The van der Waals surface area contributed by atoms with Crippen molar-refractivity contribution in [1.29, 1.82) is 0 Å². The zero-order valence-electron chi connectivity index (χ0n) is 30.7. The fourth-order valence-electron chi connectivity index (χ4n) is 9.40. The Balaban J connectivity index is 1.16. The summed E-state index contributed by atoms with van der Waals surface area (Å²) in [5.74, 6) is 0. The molecule has 0 amide bonds. The summed E-state index contributed by atoms with van der Waals surface area (Å²) in [6.45, 7) is 0. The van der Waals surface area contributed by atoms with E-state index >= 15 is 0 Å². The standard InChI is InChI=1S/C54H36OSi/c1-4-19-40(20-5-1)56(41-21-6-2-7-22-41,42-23-8-3-9-24-42)43-33-31-37(32-34-43)52-44-25-12-14-27-46(44)53(47-28-15-13-26-45(47)52)48-29-16-30-50-54(48)49-35-38-17-10-11-18-39(38)36-51(49)55-50/h1-36H. The second-order valence-corrected chi connectivity index (χ2v) is 18.6. The molecule has 0 aliphatic rings. The third kappa shape index (κ3) is 4.93. The van der Waals surface area contributed by atoms with Crippen LogP contribution < -0.4 is 20.7 Å². The van der Waals surface area contributed by atoms with Crippen molar-refractivity contribution >= 4 is 83.1 Å². The van der Waals surface area contributed by atoms with Crippen molar-refractivity contribution < 1.29 is 4.42 Å². The lowest BCUT2D eigenvalue weighted by Gasteiger charge is -2.34. The van der Waals surface area contributed by atoms with Gasteiger partial charge >= 0.3 is 0 Å². The number of furan rings is 1. The maximum Gasteiger partial charge on any atom is 0.179 e. The molecule has 0 aliphatic heterocycles. The van der Waals surface area contributed by atoms with E-state index in [-0.39, 0.29) is 0 Å². The van der Waals surface area contributed by atoms with Crippen LogP contribution in [0.2, 0.25) is 0 Å². The predicted octanol–water partition coefficient (Wildman–Crippen LogP) is 11.8. The van der Waals surface area contributed by atoms with E-state index < -0.39 is 8.07 Å². The van der Waals surface area contributed by atoms with Crippen LogP contribution in [0.3, 0.4) is 0 Å². The summed E-state index contributed by atoms with van der Waals surface area (Å²) < 4.78 is 6.58. The maximum atomic E-state index is 6.58. The molecule has 262 valence electrons. The van der Waals surface area contributed by atoms with E-state index in [1.54, 1.807) is 0 Å².